The molecule has 0 fully saturated rings. The number of aryl methyl sites for hydroxylation is 1. The molecule has 0 spiro atoms. The van der Waals surface area contributed by atoms with Crippen LogP contribution in [0.1, 0.15) is 22.7 Å². The van der Waals surface area contributed by atoms with Crippen LogP contribution in [0.4, 0.5) is 4.39 Å². The Morgan fingerprint density at radius 3 is 2.24 bits per heavy atom. The molecule has 0 aliphatic heterocycles. The van der Waals surface area contributed by atoms with Crippen LogP contribution in [0.5, 0.6) is 11.5 Å². The standard InChI is InChI=1S/C16H17BrFNO2/c1-9-6-10(18)4-5-11(9)16(19)12-7-14(20-2)15(21-3)8-13(12)17/h4-8,16H,19H2,1-3H3. The molecule has 0 aromatic heterocycles. The monoisotopic (exact) mass is 353 g/mol. The zero-order chi connectivity index (χ0) is 15.6. The zero-order valence-corrected chi connectivity index (χ0v) is 13.7. The molecular weight excluding hydrogens is 337 g/mol. The van der Waals surface area contributed by atoms with Crippen LogP contribution >= 0.6 is 15.9 Å². The molecular formula is C16H17BrFNO2. The van der Waals surface area contributed by atoms with Crippen molar-refractivity contribution >= 4 is 15.9 Å². The first-order valence-electron chi connectivity index (χ1n) is 6.41. The molecule has 21 heavy (non-hydrogen) atoms. The number of benzene rings is 2. The van der Waals surface area contributed by atoms with Gasteiger partial charge in [-0.3, -0.25) is 0 Å². The summed E-state index contributed by atoms with van der Waals surface area (Å²) in [6.07, 6.45) is 0. The molecule has 0 saturated heterocycles. The summed E-state index contributed by atoms with van der Waals surface area (Å²) in [4.78, 5) is 0. The maximum Gasteiger partial charge on any atom is 0.161 e. The fourth-order valence-corrected chi connectivity index (χ4v) is 2.83. The Hall–Kier alpha value is -1.59. The Bertz CT molecular complexity index is 661. The van der Waals surface area contributed by atoms with Gasteiger partial charge in [-0.05, 0) is 47.9 Å². The Balaban J connectivity index is 2.50. The third-order valence-corrected chi connectivity index (χ3v) is 4.09. The van der Waals surface area contributed by atoms with Crippen molar-refractivity contribution in [3.63, 3.8) is 0 Å². The van der Waals surface area contributed by atoms with E-state index < -0.39 is 0 Å². The Labute approximate surface area is 132 Å². The lowest BCUT2D eigenvalue weighted by Gasteiger charge is -2.19. The summed E-state index contributed by atoms with van der Waals surface area (Å²) < 4.78 is 24.6. The second kappa shape index (κ2) is 6.45. The van der Waals surface area contributed by atoms with Gasteiger partial charge in [0.1, 0.15) is 5.82 Å². The number of halogens is 2. The van der Waals surface area contributed by atoms with Crippen molar-refractivity contribution in [2.45, 2.75) is 13.0 Å². The van der Waals surface area contributed by atoms with Gasteiger partial charge >= 0.3 is 0 Å². The van der Waals surface area contributed by atoms with E-state index in [1.807, 2.05) is 19.1 Å². The van der Waals surface area contributed by atoms with Gasteiger partial charge in [0.15, 0.2) is 11.5 Å². The normalized spacial score (nSPS) is 12.1. The summed E-state index contributed by atoms with van der Waals surface area (Å²) in [5.74, 6) is 0.955. The average Bonchev–Trinajstić information content (AvgIpc) is 2.46. The number of hydrogen-bond donors (Lipinski definition) is 1. The summed E-state index contributed by atoms with van der Waals surface area (Å²) in [7, 11) is 3.15. The van der Waals surface area contributed by atoms with Gasteiger partial charge in [-0.1, -0.05) is 22.0 Å². The van der Waals surface area contributed by atoms with Gasteiger partial charge in [0.25, 0.3) is 0 Å². The smallest absolute Gasteiger partial charge is 0.161 e. The lowest BCUT2D eigenvalue weighted by atomic mass is 9.95. The van der Waals surface area contributed by atoms with Crippen LogP contribution in [0.25, 0.3) is 0 Å². The summed E-state index contributed by atoms with van der Waals surface area (Å²) in [5, 5.41) is 0. The van der Waals surface area contributed by atoms with Crippen LogP contribution in [-0.2, 0) is 0 Å². The van der Waals surface area contributed by atoms with Crippen molar-refractivity contribution in [1.82, 2.24) is 0 Å². The Kier molecular flexibility index (Phi) is 4.85. The lowest BCUT2D eigenvalue weighted by molar-refractivity contribution is 0.354. The maximum absolute atomic E-state index is 13.2. The van der Waals surface area contributed by atoms with Crippen molar-refractivity contribution in [1.29, 1.82) is 0 Å². The maximum atomic E-state index is 13.2. The highest BCUT2D eigenvalue weighted by molar-refractivity contribution is 9.10. The molecule has 1 atom stereocenters. The molecule has 0 aliphatic carbocycles. The van der Waals surface area contributed by atoms with Gasteiger partial charge in [-0.2, -0.15) is 0 Å². The third-order valence-electron chi connectivity index (χ3n) is 3.40. The molecule has 0 aliphatic rings. The van der Waals surface area contributed by atoms with Crippen LogP contribution in [-0.4, -0.2) is 14.2 Å². The minimum Gasteiger partial charge on any atom is -0.493 e. The van der Waals surface area contributed by atoms with E-state index in [0.717, 1.165) is 21.2 Å². The van der Waals surface area contributed by atoms with Crippen molar-refractivity contribution in [2.24, 2.45) is 5.73 Å². The molecule has 5 heteroatoms. The van der Waals surface area contributed by atoms with Gasteiger partial charge in [-0.15, -0.1) is 0 Å². The van der Waals surface area contributed by atoms with Crippen LogP contribution in [0.3, 0.4) is 0 Å². The number of hydrogen-bond acceptors (Lipinski definition) is 3. The van der Waals surface area contributed by atoms with Gasteiger partial charge in [0.2, 0.25) is 0 Å². The van der Waals surface area contributed by atoms with E-state index in [2.05, 4.69) is 15.9 Å². The van der Waals surface area contributed by atoms with Crippen LogP contribution in [0, 0.1) is 12.7 Å². The van der Waals surface area contributed by atoms with Crippen LogP contribution in [0.2, 0.25) is 0 Å². The molecule has 3 nitrogen and oxygen atoms in total. The highest BCUT2D eigenvalue weighted by Gasteiger charge is 2.18. The first-order valence-corrected chi connectivity index (χ1v) is 7.20. The molecule has 112 valence electrons. The highest BCUT2D eigenvalue weighted by Crippen LogP contribution is 2.37. The predicted molar refractivity (Wildman–Crippen MR) is 84.4 cm³/mol. The highest BCUT2D eigenvalue weighted by atomic mass is 79.9. The fraction of sp³-hybridized carbons (Fsp3) is 0.250. The minimum absolute atomic E-state index is 0.269. The topological polar surface area (TPSA) is 44.5 Å². The average molecular weight is 354 g/mol. The minimum atomic E-state index is -0.389. The summed E-state index contributed by atoms with van der Waals surface area (Å²) in [6, 6.07) is 7.85. The van der Waals surface area contributed by atoms with Gasteiger partial charge in [0, 0.05) is 4.47 Å². The largest absolute Gasteiger partial charge is 0.493 e. The van der Waals surface area contributed by atoms with E-state index in [9.17, 15) is 4.39 Å². The van der Waals surface area contributed by atoms with E-state index in [1.54, 1.807) is 20.3 Å². The number of rotatable bonds is 4. The molecule has 2 rings (SSSR count). The van der Waals surface area contributed by atoms with Crippen LogP contribution in [0.15, 0.2) is 34.8 Å². The molecule has 0 amide bonds. The molecule has 0 saturated carbocycles. The van der Waals surface area contributed by atoms with Crippen molar-refractivity contribution in [3.8, 4) is 11.5 Å². The molecule has 2 N–H and O–H groups in total. The van der Waals surface area contributed by atoms with Gasteiger partial charge in [-0.25, -0.2) is 4.39 Å². The molecule has 1 unspecified atom stereocenters. The lowest BCUT2D eigenvalue weighted by Crippen LogP contribution is -2.14. The summed E-state index contributed by atoms with van der Waals surface area (Å²) in [6.45, 7) is 1.84. The van der Waals surface area contributed by atoms with E-state index in [0.29, 0.717) is 11.5 Å². The van der Waals surface area contributed by atoms with E-state index in [-0.39, 0.29) is 11.9 Å². The van der Waals surface area contributed by atoms with E-state index in [4.69, 9.17) is 15.2 Å². The SMILES string of the molecule is COc1cc(Br)c(C(N)c2ccc(F)cc2C)cc1OC. The quantitative estimate of drug-likeness (QED) is 0.904. The molecule has 2 aromatic rings. The fourth-order valence-electron chi connectivity index (χ4n) is 2.26. The third kappa shape index (κ3) is 3.19. The van der Waals surface area contributed by atoms with Crippen molar-refractivity contribution in [2.75, 3.05) is 14.2 Å². The number of methoxy groups -OCH3 is 2. The van der Waals surface area contributed by atoms with Gasteiger partial charge in [0.05, 0.1) is 20.3 Å². The van der Waals surface area contributed by atoms with E-state index in [1.165, 1.54) is 12.1 Å². The first-order chi connectivity index (χ1) is 9.97. The number of nitrogens with two attached hydrogens (primary N) is 1. The van der Waals surface area contributed by atoms with Crippen molar-refractivity contribution < 1.29 is 13.9 Å². The molecule has 0 radical (unpaired) electrons. The molecule has 0 heterocycles. The zero-order valence-electron chi connectivity index (χ0n) is 12.1. The second-order valence-electron chi connectivity index (χ2n) is 4.71. The van der Waals surface area contributed by atoms with Crippen molar-refractivity contribution in [3.05, 3.63) is 57.3 Å². The Morgan fingerprint density at radius 2 is 1.67 bits per heavy atom. The second-order valence-corrected chi connectivity index (χ2v) is 5.56. The summed E-state index contributed by atoms with van der Waals surface area (Å²) in [5.41, 5.74) is 8.86. The Morgan fingerprint density at radius 1 is 1.05 bits per heavy atom. The number of ether oxygens (including phenoxy) is 2. The molecule has 0 bridgehead atoms. The van der Waals surface area contributed by atoms with E-state index >= 15 is 0 Å². The van der Waals surface area contributed by atoms with Crippen LogP contribution < -0.4 is 15.2 Å². The predicted octanol–water partition coefficient (Wildman–Crippen LogP) is 3.96. The summed E-state index contributed by atoms with van der Waals surface area (Å²) >= 11 is 3.50. The first kappa shape index (κ1) is 15.8. The molecule has 2 aromatic carbocycles. The van der Waals surface area contributed by atoms with Gasteiger partial charge < -0.3 is 15.2 Å².